The van der Waals surface area contributed by atoms with E-state index in [1.807, 2.05) is 29.3 Å². The van der Waals surface area contributed by atoms with Crippen LogP contribution in [-0.4, -0.2) is 41.0 Å². The minimum atomic E-state index is 0.337. The van der Waals surface area contributed by atoms with Gasteiger partial charge in [-0.2, -0.15) is 5.10 Å². The molecule has 0 bridgehead atoms. The van der Waals surface area contributed by atoms with Crippen LogP contribution >= 0.6 is 11.3 Å². The Bertz CT molecular complexity index is 698. The molecule has 1 aliphatic heterocycles. The quantitative estimate of drug-likeness (QED) is 0.687. The van der Waals surface area contributed by atoms with Crippen LogP contribution in [0.2, 0.25) is 0 Å². The van der Waals surface area contributed by atoms with Crippen LogP contribution in [0.5, 0.6) is 0 Å². The molecule has 0 unspecified atom stereocenters. The lowest BCUT2D eigenvalue weighted by Gasteiger charge is -2.42. The van der Waals surface area contributed by atoms with Crippen LogP contribution in [-0.2, 0) is 24.8 Å². The molecule has 144 valence electrons. The van der Waals surface area contributed by atoms with Crippen molar-refractivity contribution in [3.05, 3.63) is 39.3 Å². The van der Waals surface area contributed by atoms with Gasteiger partial charge in [-0.05, 0) is 76.6 Å². The van der Waals surface area contributed by atoms with Crippen LogP contribution in [0.4, 0.5) is 0 Å². The van der Waals surface area contributed by atoms with E-state index in [9.17, 15) is 0 Å². The first-order chi connectivity index (χ1) is 12.5. The predicted octanol–water partition coefficient (Wildman–Crippen LogP) is 4.35. The van der Waals surface area contributed by atoms with Gasteiger partial charge < -0.3 is 4.74 Å². The number of ether oxygens (including phenoxy) is 1. The normalized spacial score (nSPS) is 17.7. The van der Waals surface area contributed by atoms with Crippen molar-refractivity contribution >= 4 is 11.3 Å². The van der Waals surface area contributed by atoms with E-state index in [0.717, 1.165) is 32.8 Å². The minimum absolute atomic E-state index is 0.337. The zero-order valence-corrected chi connectivity index (χ0v) is 17.6. The van der Waals surface area contributed by atoms with Crippen molar-refractivity contribution in [3.63, 3.8) is 0 Å². The summed E-state index contributed by atoms with van der Waals surface area (Å²) in [6.45, 7) is 11.6. The summed E-state index contributed by atoms with van der Waals surface area (Å²) >= 11 is 1.93. The molecule has 2 aromatic rings. The summed E-state index contributed by atoms with van der Waals surface area (Å²) in [6.07, 6.45) is 9.01. The van der Waals surface area contributed by atoms with E-state index in [0.29, 0.717) is 5.41 Å². The van der Waals surface area contributed by atoms with Crippen LogP contribution < -0.4 is 0 Å². The Morgan fingerprint density at radius 3 is 2.62 bits per heavy atom. The van der Waals surface area contributed by atoms with Crippen molar-refractivity contribution in [1.82, 2.24) is 14.7 Å². The van der Waals surface area contributed by atoms with Crippen LogP contribution in [0, 0.1) is 19.3 Å². The topological polar surface area (TPSA) is 30.3 Å². The molecule has 0 amide bonds. The Morgan fingerprint density at radius 2 is 2.04 bits per heavy atom. The van der Waals surface area contributed by atoms with E-state index in [1.54, 1.807) is 5.56 Å². The molecule has 0 aromatic carbocycles. The molecule has 3 rings (SSSR count). The molecule has 4 nitrogen and oxygen atoms in total. The summed E-state index contributed by atoms with van der Waals surface area (Å²) in [5, 5.41) is 4.30. The average molecular weight is 376 g/mol. The van der Waals surface area contributed by atoms with Crippen molar-refractivity contribution in [3.8, 4) is 0 Å². The van der Waals surface area contributed by atoms with Gasteiger partial charge in [0.2, 0.25) is 0 Å². The van der Waals surface area contributed by atoms with Crippen molar-refractivity contribution < 1.29 is 4.74 Å². The highest BCUT2D eigenvalue weighted by Gasteiger charge is 2.34. The number of thiophene rings is 1. The second kappa shape index (κ2) is 8.68. The number of rotatable bonds is 8. The Kier molecular flexibility index (Phi) is 6.54. The van der Waals surface area contributed by atoms with Crippen LogP contribution in [0.25, 0.3) is 0 Å². The second-order valence-electron chi connectivity index (χ2n) is 7.87. The first kappa shape index (κ1) is 19.6. The fraction of sp³-hybridized carbons (Fsp3) is 0.667. The highest BCUT2D eigenvalue weighted by Crippen LogP contribution is 2.38. The molecule has 1 fully saturated rings. The average Bonchev–Trinajstić information content (AvgIpc) is 3.17. The lowest BCUT2D eigenvalue weighted by molar-refractivity contribution is -0.00233. The van der Waals surface area contributed by atoms with Crippen molar-refractivity contribution in [2.45, 2.75) is 53.0 Å². The molecule has 3 heterocycles. The largest absolute Gasteiger partial charge is 0.381 e. The highest BCUT2D eigenvalue weighted by atomic mass is 32.1. The zero-order chi connectivity index (χ0) is 18.6. The van der Waals surface area contributed by atoms with E-state index in [2.05, 4.69) is 43.0 Å². The molecular weight excluding hydrogens is 342 g/mol. The highest BCUT2D eigenvalue weighted by molar-refractivity contribution is 7.12. The van der Waals surface area contributed by atoms with E-state index < -0.39 is 0 Å². The Morgan fingerprint density at radius 1 is 1.27 bits per heavy atom. The standard InChI is InChI=1S/C21H33N3OS/c1-5-25-16-21(7-6-20-12-17(2)26-18(20)3)8-10-24(11-9-21)15-19-13-22-23(4)14-19/h12-14H,5-11,15-16H2,1-4H3. The van der Waals surface area contributed by atoms with Gasteiger partial charge in [0, 0.05) is 41.7 Å². The summed E-state index contributed by atoms with van der Waals surface area (Å²) in [4.78, 5) is 5.49. The second-order valence-corrected chi connectivity index (χ2v) is 9.33. The first-order valence-corrected chi connectivity index (χ1v) is 10.6. The van der Waals surface area contributed by atoms with Gasteiger partial charge in [0.1, 0.15) is 0 Å². The first-order valence-electron chi connectivity index (χ1n) is 9.83. The maximum Gasteiger partial charge on any atom is 0.0534 e. The third kappa shape index (κ3) is 4.96. The number of aromatic nitrogens is 2. The number of hydrogen-bond donors (Lipinski definition) is 0. The molecule has 0 atom stereocenters. The van der Waals surface area contributed by atoms with E-state index in [4.69, 9.17) is 4.74 Å². The van der Waals surface area contributed by atoms with Gasteiger partial charge in [-0.1, -0.05) is 0 Å². The third-order valence-corrected chi connectivity index (χ3v) is 6.77. The summed E-state index contributed by atoms with van der Waals surface area (Å²) in [6, 6.07) is 2.38. The van der Waals surface area contributed by atoms with Gasteiger partial charge in [0.15, 0.2) is 0 Å². The Hall–Kier alpha value is -1.17. The van der Waals surface area contributed by atoms with E-state index >= 15 is 0 Å². The summed E-state index contributed by atoms with van der Waals surface area (Å²) in [7, 11) is 1.99. The monoisotopic (exact) mass is 375 g/mol. The van der Waals surface area contributed by atoms with E-state index in [-0.39, 0.29) is 0 Å². The molecule has 0 radical (unpaired) electrons. The molecule has 0 aliphatic carbocycles. The SMILES string of the molecule is CCOCC1(CCc2cc(C)sc2C)CCN(Cc2cnn(C)c2)CC1. The number of likely N-dealkylation sites (tertiary alicyclic amines) is 1. The molecule has 1 saturated heterocycles. The lowest BCUT2D eigenvalue weighted by atomic mass is 9.74. The number of piperidine rings is 1. The predicted molar refractivity (Wildman–Crippen MR) is 109 cm³/mol. The number of hydrogen-bond acceptors (Lipinski definition) is 4. The van der Waals surface area contributed by atoms with Crippen molar-refractivity contribution in [2.24, 2.45) is 12.5 Å². The van der Waals surface area contributed by atoms with Crippen molar-refractivity contribution in [2.75, 3.05) is 26.3 Å². The van der Waals surface area contributed by atoms with Crippen molar-refractivity contribution in [1.29, 1.82) is 0 Å². The molecule has 0 saturated carbocycles. The molecular formula is C21H33N3OS. The smallest absolute Gasteiger partial charge is 0.0534 e. The lowest BCUT2D eigenvalue weighted by Crippen LogP contribution is -2.42. The number of aryl methyl sites for hydroxylation is 4. The van der Waals surface area contributed by atoms with Crippen LogP contribution in [0.1, 0.15) is 47.1 Å². The van der Waals surface area contributed by atoms with Gasteiger partial charge in [-0.15, -0.1) is 11.3 Å². The van der Waals surface area contributed by atoms with Gasteiger partial charge in [-0.25, -0.2) is 0 Å². The van der Waals surface area contributed by atoms with Crippen LogP contribution in [0.15, 0.2) is 18.5 Å². The van der Waals surface area contributed by atoms with Gasteiger partial charge in [0.25, 0.3) is 0 Å². The third-order valence-electron chi connectivity index (χ3n) is 5.76. The molecule has 1 aliphatic rings. The van der Waals surface area contributed by atoms with Gasteiger partial charge in [0.05, 0.1) is 12.8 Å². The molecule has 0 N–H and O–H groups in total. The molecule has 2 aromatic heterocycles. The van der Waals surface area contributed by atoms with E-state index in [1.165, 1.54) is 41.0 Å². The minimum Gasteiger partial charge on any atom is -0.381 e. The fourth-order valence-electron chi connectivity index (χ4n) is 4.11. The fourth-order valence-corrected chi connectivity index (χ4v) is 5.09. The number of nitrogens with zero attached hydrogens (tertiary/aromatic N) is 3. The van der Waals surface area contributed by atoms with Gasteiger partial charge >= 0.3 is 0 Å². The Balaban J connectivity index is 1.58. The summed E-state index contributed by atoms with van der Waals surface area (Å²) < 4.78 is 7.82. The maximum absolute atomic E-state index is 5.93. The molecule has 0 spiro atoms. The summed E-state index contributed by atoms with van der Waals surface area (Å²) in [5.41, 5.74) is 3.19. The summed E-state index contributed by atoms with van der Waals surface area (Å²) in [5.74, 6) is 0. The molecule has 26 heavy (non-hydrogen) atoms. The van der Waals surface area contributed by atoms with Crippen LogP contribution in [0.3, 0.4) is 0 Å². The van der Waals surface area contributed by atoms with Gasteiger partial charge in [-0.3, -0.25) is 9.58 Å². The molecule has 5 heteroatoms. The zero-order valence-electron chi connectivity index (χ0n) is 16.8. The Labute approximate surface area is 162 Å². The maximum atomic E-state index is 5.93.